The average molecular weight is 308 g/mol. The lowest BCUT2D eigenvalue weighted by molar-refractivity contribution is -0.122. The number of fused-ring (bicyclic) bond motifs is 1. The van der Waals surface area contributed by atoms with Crippen molar-refractivity contribution in [2.24, 2.45) is 0 Å². The van der Waals surface area contributed by atoms with Gasteiger partial charge < -0.3 is 24.8 Å². The van der Waals surface area contributed by atoms with Gasteiger partial charge >= 0.3 is 6.09 Å². The molecule has 1 aliphatic heterocycles. The second-order valence-corrected chi connectivity index (χ2v) is 4.91. The van der Waals surface area contributed by atoms with Crippen molar-refractivity contribution in [3.8, 4) is 11.5 Å². The molecule has 120 valence electrons. The predicted octanol–water partition coefficient (Wildman–Crippen LogP) is 1.21. The van der Waals surface area contributed by atoms with Gasteiger partial charge in [-0.05, 0) is 24.6 Å². The van der Waals surface area contributed by atoms with Crippen molar-refractivity contribution in [2.45, 2.75) is 25.9 Å². The molecule has 1 aliphatic rings. The van der Waals surface area contributed by atoms with Crippen LogP contribution in [-0.2, 0) is 16.1 Å². The molecule has 0 saturated heterocycles. The first-order valence-corrected chi connectivity index (χ1v) is 7.11. The standard InChI is InChI=1S/C15H20N2O5/c1-10(17-15(19)20-2)14(18)16-9-11-4-5-12-13(8-11)22-7-3-6-21-12/h4-5,8,10H,3,6-7,9H2,1-2H3,(H,16,18)(H,17,19). The average Bonchev–Trinajstić information content (AvgIpc) is 2.76. The molecular formula is C15H20N2O5. The summed E-state index contributed by atoms with van der Waals surface area (Å²) in [6, 6.07) is 4.87. The van der Waals surface area contributed by atoms with E-state index in [2.05, 4.69) is 15.4 Å². The SMILES string of the molecule is COC(=O)NC(C)C(=O)NCc1ccc2c(c1)OCCCO2. The number of amides is 2. The molecule has 2 rings (SSSR count). The Morgan fingerprint density at radius 2 is 2.00 bits per heavy atom. The van der Waals surface area contributed by atoms with Crippen LogP contribution in [0, 0.1) is 0 Å². The van der Waals surface area contributed by atoms with Crippen LogP contribution in [-0.4, -0.2) is 38.4 Å². The summed E-state index contributed by atoms with van der Waals surface area (Å²) in [6.07, 6.45) is 0.204. The molecule has 0 spiro atoms. The highest BCUT2D eigenvalue weighted by atomic mass is 16.5. The summed E-state index contributed by atoms with van der Waals surface area (Å²) in [5, 5.41) is 5.15. The fourth-order valence-electron chi connectivity index (χ4n) is 1.96. The molecule has 0 fully saturated rings. The molecule has 1 aromatic rings. The summed E-state index contributed by atoms with van der Waals surface area (Å²) in [5.41, 5.74) is 0.892. The quantitative estimate of drug-likeness (QED) is 0.873. The lowest BCUT2D eigenvalue weighted by Gasteiger charge is -2.14. The van der Waals surface area contributed by atoms with Gasteiger partial charge in [0, 0.05) is 13.0 Å². The van der Waals surface area contributed by atoms with Crippen molar-refractivity contribution in [2.75, 3.05) is 20.3 Å². The number of rotatable bonds is 4. The van der Waals surface area contributed by atoms with E-state index in [1.54, 1.807) is 6.92 Å². The van der Waals surface area contributed by atoms with E-state index in [-0.39, 0.29) is 5.91 Å². The van der Waals surface area contributed by atoms with Crippen LogP contribution < -0.4 is 20.1 Å². The Morgan fingerprint density at radius 1 is 1.27 bits per heavy atom. The lowest BCUT2D eigenvalue weighted by Crippen LogP contribution is -2.44. The minimum Gasteiger partial charge on any atom is -0.490 e. The van der Waals surface area contributed by atoms with E-state index in [0.717, 1.165) is 12.0 Å². The molecule has 1 aromatic carbocycles. The van der Waals surface area contributed by atoms with Gasteiger partial charge in [-0.2, -0.15) is 0 Å². The van der Waals surface area contributed by atoms with Gasteiger partial charge in [-0.1, -0.05) is 6.07 Å². The van der Waals surface area contributed by atoms with E-state index in [1.807, 2.05) is 18.2 Å². The van der Waals surface area contributed by atoms with Gasteiger partial charge in [0.05, 0.1) is 20.3 Å². The second kappa shape index (κ2) is 7.53. The molecule has 0 bridgehead atoms. The Bertz CT molecular complexity index is 547. The number of benzene rings is 1. The zero-order valence-corrected chi connectivity index (χ0v) is 12.7. The van der Waals surface area contributed by atoms with Crippen molar-refractivity contribution in [3.63, 3.8) is 0 Å². The number of ether oxygens (including phenoxy) is 3. The van der Waals surface area contributed by atoms with Gasteiger partial charge in [0.15, 0.2) is 11.5 Å². The highest BCUT2D eigenvalue weighted by molar-refractivity contribution is 5.85. The largest absolute Gasteiger partial charge is 0.490 e. The van der Waals surface area contributed by atoms with Gasteiger partial charge in [-0.3, -0.25) is 4.79 Å². The Hall–Kier alpha value is -2.44. The minimum atomic E-state index is -0.673. The number of nitrogens with one attached hydrogen (secondary N) is 2. The molecule has 0 aromatic heterocycles. The molecular weight excluding hydrogens is 288 g/mol. The van der Waals surface area contributed by atoms with Crippen LogP contribution in [0.15, 0.2) is 18.2 Å². The molecule has 0 aliphatic carbocycles. The van der Waals surface area contributed by atoms with Crippen LogP contribution in [0.4, 0.5) is 4.79 Å². The van der Waals surface area contributed by atoms with Crippen LogP contribution in [0.5, 0.6) is 11.5 Å². The third-order valence-electron chi connectivity index (χ3n) is 3.19. The maximum atomic E-state index is 11.9. The predicted molar refractivity (Wildman–Crippen MR) is 78.9 cm³/mol. The first-order chi connectivity index (χ1) is 10.6. The Morgan fingerprint density at radius 3 is 2.73 bits per heavy atom. The number of methoxy groups -OCH3 is 1. The summed E-state index contributed by atoms with van der Waals surface area (Å²) in [5.74, 6) is 1.11. The molecule has 2 amide bonds. The minimum absolute atomic E-state index is 0.294. The molecule has 7 nitrogen and oxygen atoms in total. The molecule has 0 saturated carbocycles. The monoisotopic (exact) mass is 308 g/mol. The van der Waals surface area contributed by atoms with E-state index in [9.17, 15) is 9.59 Å². The van der Waals surface area contributed by atoms with Gasteiger partial charge in [-0.15, -0.1) is 0 Å². The number of hydrogen-bond acceptors (Lipinski definition) is 5. The number of carbonyl (C=O) groups excluding carboxylic acids is 2. The fourth-order valence-corrected chi connectivity index (χ4v) is 1.96. The third kappa shape index (κ3) is 4.28. The van der Waals surface area contributed by atoms with Crippen molar-refractivity contribution in [1.29, 1.82) is 0 Å². The highest BCUT2D eigenvalue weighted by Crippen LogP contribution is 2.30. The summed E-state index contributed by atoms with van der Waals surface area (Å²) in [4.78, 5) is 22.9. The van der Waals surface area contributed by atoms with Crippen molar-refractivity contribution in [1.82, 2.24) is 10.6 Å². The Balaban J connectivity index is 1.90. The molecule has 2 N–H and O–H groups in total. The molecule has 0 radical (unpaired) electrons. The summed E-state index contributed by atoms with van der Waals surface area (Å²) in [7, 11) is 1.25. The van der Waals surface area contributed by atoms with Crippen molar-refractivity contribution < 1.29 is 23.8 Å². The van der Waals surface area contributed by atoms with E-state index < -0.39 is 12.1 Å². The van der Waals surface area contributed by atoms with E-state index in [0.29, 0.717) is 31.3 Å². The Labute approximate surface area is 128 Å². The van der Waals surface area contributed by atoms with Crippen LogP contribution in [0.2, 0.25) is 0 Å². The smallest absolute Gasteiger partial charge is 0.407 e. The lowest BCUT2D eigenvalue weighted by atomic mass is 10.2. The van der Waals surface area contributed by atoms with E-state index >= 15 is 0 Å². The number of alkyl carbamates (subject to hydrolysis) is 1. The van der Waals surface area contributed by atoms with Crippen LogP contribution in [0.1, 0.15) is 18.9 Å². The van der Waals surface area contributed by atoms with Crippen LogP contribution in [0.3, 0.4) is 0 Å². The van der Waals surface area contributed by atoms with Crippen molar-refractivity contribution in [3.05, 3.63) is 23.8 Å². The van der Waals surface area contributed by atoms with E-state index in [4.69, 9.17) is 9.47 Å². The van der Waals surface area contributed by atoms with Crippen LogP contribution in [0.25, 0.3) is 0 Å². The zero-order chi connectivity index (χ0) is 15.9. The number of carbonyl (C=O) groups is 2. The summed E-state index contributed by atoms with van der Waals surface area (Å²) < 4.78 is 15.6. The van der Waals surface area contributed by atoms with E-state index in [1.165, 1.54) is 7.11 Å². The van der Waals surface area contributed by atoms with Gasteiger partial charge in [0.2, 0.25) is 5.91 Å². The van der Waals surface area contributed by atoms with Gasteiger partial charge in [0.25, 0.3) is 0 Å². The second-order valence-electron chi connectivity index (χ2n) is 4.91. The maximum Gasteiger partial charge on any atom is 0.407 e. The Kier molecular flexibility index (Phi) is 5.46. The van der Waals surface area contributed by atoms with Crippen molar-refractivity contribution >= 4 is 12.0 Å². The number of hydrogen-bond donors (Lipinski definition) is 2. The molecule has 1 heterocycles. The van der Waals surface area contributed by atoms with Gasteiger partial charge in [0.1, 0.15) is 6.04 Å². The molecule has 22 heavy (non-hydrogen) atoms. The third-order valence-corrected chi connectivity index (χ3v) is 3.19. The zero-order valence-electron chi connectivity index (χ0n) is 12.7. The highest BCUT2D eigenvalue weighted by Gasteiger charge is 2.16. The van der Waals surface area contributed by atoms with Crippen LogP contribution >= 0.6 is 0 Å². The molecule has 7 heteroatoms. The maximum absolute atomic E-state index is 11.9. The summed E-state index contributed by atoms with van der Waals surface area (Å²) in [6.45, 7) is 3.17. The normalized spacial score (nSPS) is 14.5. The van der Waals surface area contributed by atoms with Gasteiger partial charge in [-0.25, -0.2) is 4.79 Å². The molecule has 1 unspecified atom stereocenters. The first kappa shape index (κ1) is 15.9. The molecule has 1 atom stereocenters. The summed E-state index contributed by atoms with van der Waals surface area (Å²) >= 11 is 0. The fraction of sp³-hybridized carbons (Fsp3) is 0.467. The first-order valence-electron chi connectivity index (χ1n) is 7.11. The topological polar surface area (TPSA) is 85.9 Å².